The van der Waals surface area contributed by atoms with E-state index >= 15 is 0 Å². The third-order valence-corrected chi connectivity index (χ3v) is 3.52. The van der Waals surface area contributed by atoms with Crippen LogP contribution in [-0.4, -0.2) is 6.10 Å². The van der Waals surface area contributed by atoms with E-state index in [2.05, 4.69) is 42.8 Å². The lowest BCUT2D eigenvalue weighted by Crippen LogP contribution is -2.32. The van der Waals surface area contributed by atoms with Crippen LogP contribution in [0.2, 0.25) is 0 Å². The van der Waals surface area contributed by atoms with Crippen molar-refractivity contribution in [3.63, 3.8) is 0 Å². The highest BCUT2D eigenvalue weighted by atomic mass is 79.9. The first-order chi connectivity index (χ1) is 7.85. The maximum Gasteiger partial charge on any atom is 0.124 e. The Morgan fingerprint density at radius 1 is 1.41 bits per heavy atom. The van der Waals surface area contributed by atoms with Gasteiger partial charge in [-0.15, -0.1) is 0 Å². The average Bonchev–Trinajstić information content (AvgIpc) is 2.17. The second kappa shape index (κ2) is 4.62. The maximum absolute atomic E-state index is 6.22. The van der Waals surface area contributed by atoms with E-state index in [9.17, 15) is 0 Å². The molecule has 2 N–H and O–H groups in total. The first-order valence-corrected chi connectivity index (χ1v) is 6.86. The standard InChI is InChI=1S/C14H20BrNO/c1-14(2,3)8-10-7-12(16)11-6-9(15)4-5-13(11)17-10/h4-6,10,12H,7-8,16H2,1-3H3. The van der Waals surface area contributed by atoms with Gasteiger partial charge in [-0.3, -0.25) is 0 Å². The molecule has 1 aliphatic rings. The molecule has 0 saturated carbocycles. The van der Waals surface area contributed by atoms with Crippen molar-refractivity contribution in [2.24, 2.45) is 11.1 Å². The summed E-state index contributed by atoms with van der Waals surface area (Å²) in [5, 5.41) is 0. The van der Waals surface area contributed by atoms with Crippen molar-refractivity contribution >= 4 is 15.9 Å². The summed E-state index contributed by atoms with van der Waals surface area (Å²) in [6.07, 6.45) is 2.18. The highest BCUT2D eigenvalue weighted by molar-refractivity contribution is 9.10. The summed E-state index contributed by atoms with van der Waals surface area (Å²) in [7, 11) is 0. The fourth-order valence-corrected chi connectivity index (χ4v) is 2.74. The van der Waals surface area contributed by atoms with Crippen molar-refractivity contribution in [1.82, 2.24) is 0 Å². The van der Waals surface area contributed by atoms with E-state index < -0.39 is 0 Å². The summed E-state index contributed by atoms with van der Waals surface area (Å²) < 4.78 is 7.09. The molecule has 2 rings (SSSR count). The molecular weight excluding hydrogens is 278 g/mol. The van der Waals surface area contributed by atoms with Gasteiger partial charge in [-0.25, -0.2) is 0 Å². The lowest BCUT2D eigenvalue weighted by Gasteiger charge is -2.34. The molecule has 94 valence electrons. The molecule has 17 heavy (non-hydrogen) atoms. The molecule has 0 radical (unpaired) electrons. The van der Waals surface area contributed by atoms with Crippen molar-refractivity contribution in [2.75, 3.05) is 0 Å². The van der Waals surface area contributed by atoms with Gasteiger partial charge >= 0.3 is 0 Å². The summed E-state index contributed by atoms with van der Waals surface area (Å²) in [5.74, 6) is 0.946. The molecule has 0 saturated heterocycles. The van der Waals surface area contributed by atoms with Crippen LogP contribution in [0.4, 0.5) is 0 Å². The van der Waals surface area contributed by atoms with Crippen LogP contribution in [0.1, 0.15) is 45.2 Å². The van der Waals surface area contributed by atoms with E-state index in [1.807, 2.05) is 12.1 Å². The largest absolute Gasteiger partial charge is 0.490 e. The van der Waals surface area contributed by atoms with Crippen LogP contribution in [0.15, 0.2) is 22.7 Å². The quantitative estimate of drug-likeness (QED) is 0.849. The van der Waals surface area contributed by atoms with Gasteiger partial charge in [0.05, 0.1) is 0 Å². The summed E-state index contributed by atoms with van der Waals surface area (Å²) >= 11 is 3.47. The number of benzene rings is 1. The Labute approximate surface area is 112 Å². The minimum absolute atomic E-state index is 0.0867. The van der Waals surface area contributed by atoms with Crippen LogP contribution in [0.5, 0.6) is 5.75 Å². The second-order valence-electron chi connectivity index (χ2n) is 6.03. The molecule has 0 spiro atoms. The highest BCUT2D eigenvalue weighted by Crippen LogP contribution is 2.38. The first-order valence-electron chi connectivity index (χ1n) is 6.07. The van der Waals surface area contributed by atoms with Gasteiger partial charge in [0.2, 0.25) is 0 Å². The molecule has 2 unspecified atom stereocenters. The number of hydrogen-bond donors (Lipinski definition) is 1. The molecule has 1 aliphatic heterocycles. The van der Waals surface area contributed by atoms with Crippen LogP contribution in [-0.2, 0) is 0 Å². The SMILES string of the molecule is CC(C)(C)CC1CC(N)c2cc(Br)ccc2O1. The number of ether oxygens (including phenoxy) is 1. The van der Waals surface area contributed by atoms with Crippen molar-refractivity contribution < 1.29 is 4.74 Å². The Balaban J connectivity index is 2.19. The second-order valence-corrected chi connectivity index (χ2v) is 6.94. The van der Waals surface area contributed by atoms with Crippen LogP contribution < -0.4 is 10.5 Å². The molecule has 0 fully saturated rings. The van der Waals surface area contributed by atoms with Gasteiger partial charge in [0.15, 0.2) is 0 Å². The fraction of sp³-hybridized carbons (Fsp3) is 0.571. The Morgan fingerprint density at radius 3 is 2.76 bits per heavy atom. The number of fused-ring (bicyclic) bond motifs is 1. The van der Waals surface area contributed by atoms with Gasteiger partial charge in [0.1, 0.15) is 11.9 Å². The number of halogens is 1. The van der Waals surface area contributed by atoms with E-state index in [1.165, 1.54) is 0 Å². The molecular formula is C14H20BrNO. The van der Waals surface area contributed by atoms with E-state index in [4.69, 9.17) is 10.5 Å². The van der Waals surface area contributed by atoms with Crippen LogP contribution in [0, 0.1) is 5.41 Å². The Morgan fingerprint density at radius 2 is 2.12 bits per heavy atom. The lowest BCUT2D eigenvalue weighted by molar-refractivity contribution is 0.112. The molecule has 1 heterocycles. The van der Waals surface area contributed by atoms with Gasteiger partial charge in [-0.05, 0) is 30.0 Å². The molecule has 0 amide bonds. The number of hydrogen-bond acceptors (Lipinski definition) is 2. The van der Waals surface area contributed by atoms with Crippen molar-refractivity contribution in [1.29, 1.82) is 0 Å². The summed E-state index contributed by atoms with van der Waals surface area (Å²) in [5.41, 5.74) is 7.61. The topological polar surface area (TPSA) is 35.2 Å². The minimum Gasteiger partial charge on any atom is -0.490 e. The van der Waals surface area contributed by atoms with E-state index in [1.54, 1.807) is 0 Å². The van der Waals surface area contributed by atoms with E-state index in [0.29, 0.717) is 0 Å². The molecule has 2 nitrogen and oxygen atoms in total. The first kappa shape index (κ1) is 12.9. The predicted molar refractivity (Wildman–Crippen MR) is 74.2 cm³/mol. The van der Waals surface area contributed by atoms with Crippen molar-refractivity contribution in [3.8, 4) is 5.75 Å². The predicted octanol–water partition coefficient (Wildman–Crippen LogP) is 4.04. The minimum atomic E-state index is 0.0867. The van der Waals surface area contributed by atoms with E-state index in [-0.39, 0.29) is 17.6 Å². The molecule has 0 aromatic heterocycles. The molecule has 3 heteroatoms. The molecule has 0 aliphatic carbocycles. The zero-order valence-electron chi connectivity index (χ0n) is 10.7. The summed E-state index contributed by atoms with van der Waals surface area (Å²) in [6, 6.07) is 6.16. The average molecular weight is 298 g/mol. The zero-order valence-corrected chi connectivity index (χ0v) is 12.3. The van der Waals surface area contributed by atoms with Gasteiger partial charge in [-0.1, -0.05) is 36.7 Å². The molecule has 1 aromatic rings. The van der Waals surface area contributed by atoms with Crippen LogP contribution in [0.3, 0.4) is 0 Å². The van der Waals surface area contributed by atoms with Gasteiger partial charge < -0.3 is 10.5 Å². The lowest BCUT2D eigenvalue weighted by atomic mass is 9.85. The molecule has 2 atom stereocenters. The number of rotatable bonds is 1. The zero-order chi connectivity index (χ0) is 12.6. The van der Waals surface area contributed by atoms with Gasteiger partial charge in [-0.2, -0.15) is 0 Å². The Hall–Kier alpha value is -0.540. The monoisotopic (exact) mass is 297 g/mol. The highest BCUT2D eigenvalue weighted by Gasteiger charge is 2.29. The number of nitrogens with two attached hydrogens (primary N) is 1. The van der Waals surface area contributed by atoms with Gasteiger partial charge in [0, 0.05) is 22.5 Å². The van der Waals surface area contributed by atoms with Crippen LogP contribution in [0.25, 0.3) is 0 Å². The maximum atomic E-state index is 6.22. The molecule has 0 bridgehead atoms. The van der Waals surface area contributed by atoms with E-state index in [0.717, 1.165) is 28.6 Å². The summed E-state index contributed by atoms with van der Waals surface area (Å²) in [6.45, 7) is 6.71. The third kappa shape index (κ3) is 3.23. The Bertz CT molecular complexity index is 411. The third-order valence-electron chi connectivity index (χ3n) is 3.02. The van der Waals surface area contributed by atoms with Crippen molar-refractivity contribution in [3.05, 3.63) is 28.2 Å². The normalized spacial score (nSPS) is 24.1. The summed E-state index contributed by atoms with van der Waals surface area (Å²) in [4.78, 5) is 0. The van der Waals surface area contributed by atoms with Gasteiger partial charge in [0.25, 0.3) is 0 Å². The van der Waals surface area contributed by atoms with Crippen LogP contribution >= 0.6 is 15.9 Å². The fourth-order valence-electron chi connectivity index (χ4n) is 2.36. The smallest absolute Gasteiger partial charge is 0.124 e. The molecule has 1 aromatic carbocycles. The van der Waals surface area contributed by atoms with Crippen molar-refractivity contribution in [2.45, 2.75) is 45.8 Å². The Kier molecular flexibility index (Phi) is 3.50.